The van der Waals surface area contributed by atoms with E-state index in [1.807, 2.05) is 0 Å². The zero-order chi connectivity index (χ0) is 8.43. The first kappa shape index (κ1) is 8.62. The van der Waals surface area contributed by atoms with Gasteiger partial charge >= 0.3 is 0 Å². The minimum atomic E-state index is -0.0878. The van der Waals surface area contributed by atoms with Gasteiger partial charge in [-0.15, -0.1) is 0 Å². The third-order valence-corrected chi connectivity index (χ3v) is 1.89. The van der Waals surface area contributed by atoms with E-state index in [9.17, 15) is 0 Å². The summed E-state index contributed by atoms with van der Waals surface area (Å²) in [5.74, 6) is 0. The van der Waals surface area contributed by atoms with Crippen molar-refractivity contribution < 1.29 is 5.11 Å². The van der Waals surface area contributed by atoms with Crippen molar-refractivity contribution in [2.45, 2.75) is 6.61 Å². The van der Waals surface area contributed by atoms with E-state index in [0.29, 0.717) is 16.7 Å². The minimum Gasteiger partial charge on any atom is -0.399 e. The summed E-state index contributed by atoms with van der Waals surface area (Å²) in [7, 11) is 5.53. The second-order valence-corrected chi connectivity index (χ2v) is 3.14. The average Bonchev–Trinajstić information content (AvgIpc) is 1.96. The third-order valence-electron chi connectivity index (χ3n) is 1.43. The number of anilines is 1. The van der Waals surface area contributed by atoms with Crippen LogP contribution in [0.4, 0.5) is 5.69 Å². The van der Waals surface area contributed by atoms with Crippen LogP contribution in [-0.4, -0.2) is 13.0 Å². The summed E-state index contributed by atoms with van der Waals surface area (Å²) >= 11 is 3.24. The summed E-state index contributed by atoms with van der Waals surface area (Å²) in [5.41, 5.74) is 7.15. The van der Waals surface area contributed by atoms with E-state index >= 15 is 0 Å². The van der Waals surface area contributed by atoms with Gasteiger partial charge in [-0.25, -0.2) is 0 Å². The molecule has 0 amide bonds. The van der Waals surface area contributed by atoms with Crippen LogP contribution in [-0.2, 0) is 6.61 Å². The van der Waals surface area contributed by atoms with Crippen LogP contribution >= 0.6 is 15.9 Å². The monoisotopic (exact) mass is 211 g/mol. The molecule has 4 heteroatoms. The topological polar surface area (TPSA) is 46.2 Å². The number of benzene rings is 1. The third kappa shape index (κ3) is 1.76. The maximum atomic E-state index is 8.81. The molecule has 2 nitrogen and oxygen atoms in total. The highest BCUT2D eigenvalue weighted by atomic mass is 79.9. The lowest BCUT2D eigenvalue weighted by atomic mass is 9.92. The van der Waals surface area contributed by atoms with Gasteiger partial charge in [-0.05, 0) is 6.07 Å². The highest BCUT2D eigenvalue weighted by Gasteiger charge is 2.01. The molecule has 0 bridgehead atoms. The van der Waals surface area contributed by atoms with Gasteiger partial charge in [-0.1, -0.05) is 27.5 Å². The standard InChI is InChI=1S/C7H7BBrNO/c8-6-2-5(9)1-4(3-11)7(6)10/h1-2,11H,3,10H2. The van der Waals surface area contributed by atoms with Crippen molar-refractivity contribution in [2.24, 2.45) is 0 Å². The second kappa shape index (κ2) is 3.28. The van der Waals surface area contributed by atoms with Crippen molar-refractivity contribution in [2.75, 3.05) is 5.73 Å². The molecule has 0 atom stereocenters. The van der Waals surface area contributed by atoms with Gasteiger partial charge in [0.05, 0.1) is 6.61 Å². The first-order valence-electron chi connectivity index (χ1n) is 3.09. The SMILES string of the molecule is [B]c1cc(Br)cc(CO)c1N. The molecule has 0 unspecified atom stereocenters. The molecular weight excluding hydrogens is 205 g/mol. The van der Waals surface area contributed by atoms with Crippen LogP contribution in [0.25, 0.3) is 0 Å². The zero-order valence-corrected chi connectivity index (χ0v) is 7.43. The first-order valence-corrected chi connectivity index (χ1v) is 3.88. The molecular formula is C7H7BBrNO. The lowest BCUT2D eigenvalue weighted by Gasteiger charge is -2.06. The largest absolute Gasteiger partial charge is 0.399 e. The first-order chi connectivity index (χ1) is 5.15. The maximum absolute atomic E-state index is 8.81. The number of nitrogen functional groups attached to an aromatic ring is 1. The van der Waals surface area contributed by atoms with E-state index in [1.165, 1.54) is 0 Å². The van der Waals surface area contributed by atoms with Crippen LogP contribution < -0.4 is 11.2 Å². The molecule has 1 aromatic rings. The zero-order valence-electron chi connectivity index (χ0n) is 5.84. The van der Waals surface area contributed by atoms with Crippen molar-refractivity contribution in [3.05, 3.63) is 22.2 Å². The van der Waals surface area contributed by atoms with Crippen LogP contribution in [0.2, 0.25) is 0 Å². The molecule has 56 valence electrons. The fourth-order valence-corrected chi connectivity index (χ4v) is 1.35. The van der Waals surface area contributed by atoms with E-state index in [0.717, 1.165) is 4.47 Å². The van der Waals surface area contributed by atoms with E-state index < -0.39 is 0 Å². The van der Waals surface area contributed by atoms with Crippen LogP contribution in [0.15, 0.2) is 16.6 Å². The predicted molar refractivity (Wildman–Crippen MR) is 49.9 cm³/mol. The average molecular weight is 212 g/mol. The van der Waals surface area contributed by atoms with Crippen molar-refractivity contribution in [3.8, 4) is 0 Å². The van der Waals surface area contributed by atoms with Gasteiger partial charge in [0.25, 0.3) is 0 Å². The van der Waals surface area contributed by atoms with Crippen LogP contribution in [0.5, 0.6) is 0 Å². The highest BCUT2D eigenvalue weighted by molar-refractivity contribution is 9.10. The number of nitrogens with two attached hydrogens (primary N) is 1. The molecule has 0 aromatic heterocycles. The minimum absolute atomic E-state index is 0.0878. The Balaban J connectivity index is 3.24. The summed E-state index contributed by atoms with van der Waals surface area (Å²) in [6, 6.07) is 3.44. The summed E-state index contributed by atoms with van der Waals surface area (Å²) in [6.45, 7) is -0.0878. The normalized spacial score (nSPS) is 10.0. The van der Waals surface area contributed by atoms with Gasteiger partial charge in [0.15, 0.2) is 0 Å². The molecule has 0 saturated carbocycles. The van der Waals surface area contributed by atoms with E-state index in [-0.39, 0.29) is 6.61 Å². The van der Waals surface area contributed by atoms with Gasteiger partial charge in [-0.3, -0.25) is 0 Å². The van der Waals surface area contributed by atoms with Gasteiger partial charge in [-0.2, -0.15) is 0 Å². The molecule has 11 heavy (non-hydrogen) atoms. The molecule has 0 aliphatic rings. The molecule has 2 radical (unpaired) electrons. The smallest absolute Gasteiger partial charge is 0.116 e. The predicted octanol–water partition coefficient (Wildman–Crippen LogP) is 0.317. The molecule has 3 N–H and O–H groups in total. The van der Waals surface area contributed by atoms with Gasteiger partial charge < -0.3 is 10.8 Å². The Bertz CT molecular complexity index is 277. The summed E-state index contributed by atoms with van der Waals surface area (Å²) < 4.78 is 0.827. The lowest BCUT2D eigenvalue weighted by molar-refractivity contribution is 0.282. The van der Waals surface area contributed by atoms with Crippen LogP contribution in [0.1, 0.15) is 5.56 Å². The molecule has 0 spiro atoms. The summed E-state index contributed by atoms with van der Waals surface area (Å²) in [5, 5.41) is 8.81. The Morgan fingerprint density at radius 1 is 1.55 bits per heavy atom. The van der Waals surface area contributed by atoms with Crippen molar-refractivity contribution in [3.63, 3.8) is 0 Å². The number of hydrogen-bond donors (Lipinski definition) is 2. The van der Waals surface area contributed by atoms with Gasteiger partial charge in [0, 0.05) is 15.7 Å². The van der Waals surface area contributed by atoms with Crippen molar-refractivity contribution in [1.29, 1.82) is 0 Å². The van der Waals surface area contributed by atoms with Gasteiger partial charge in [0.1, 0.15) is 7.85 Å². The number of aliphatic hydroxyl groups excluding tert-OH is 1. The van der Waals surface area contributed by atoms with E-state index in [2.05, 4.69) is 15.9 Å². The summed E-state index contributed by atoms with van der Waals surface area (Å²) in [6.07, 6.45) is 0. The maximum Gasteiger partial charge on any atom is 0.116 e. The fourth-order valence-electron chi connectivity index (χ4n) is 0.828. The van der Waals surface area contributed by atoms with Crippen LogP contribution in [0.3, 0.4) is 0 Å². The number of rotatable bonds is 1. The second-order valence-electron chi connectivity index (χ2n) is 2.23. The lowest BCUT2D eigenvalue weighted by Crippen LogP contribution is -2.12. The Hall–Kier alpha value is -0.475. The van der Waals surface area contributed by atoms with Crippen molar-refractivity contribution >= 4 is 34.9 Å². The van der Waals surface area contributed by atoms with Gasteiger partial charge in [0.2, 0.25) is 0 Å². The van der Waals surface area contributed by atoms with Crippen molar-refractivity contribution in [1.82, 2.24) is 0 Å². The fraction of sp³-hybridized carbons (Fsp3) is 0.143. The molecule has 1 aromatic carbocycles. The summed E-state index contributed by atoms with van der Waals surface area (Å²) in [4.78, 5) is 0. The van der Waals surface area contributed by atoms with E-state index in [4.69, 9.17) is 18.7 Å². The Morgan fingerprint density at radius 2 is 2.18 bits per heavy atom. The molecule has 0 fully saturated rings. The number of halogens is 1. The highest BCUT2D eigenvalue weighted by Crippen LogP contribution is 2.15. The number of hydrogen-bond acceptors (Lipinski definition) is 2. The molecule has 0 aliphatic carbocycles. The Morgan fingerprint density at radius 3 is 2.73 bits per heavy atom. The van der Waals surface area contributed by atoms with Crippen LogP contribution in [0, 0.1) is 0 Å². The number of aliphatic hydroxyl groups is 1. The molecule has 0 saturated heterocycles. The molecule has 0 aliphatic heterocycles. The Kier molecular flexibility index (Phi) is 2.57. The molecule has 1 rings (SSSR count). The van der Waals surface area contributed by atoms with E-state index in [1.54, 1.807) is 12.1 Å². The quantitative estimate of drug-likeness (QED) is 0.519. The Labute approximate surface area is 74.9 Å². The molecule has 0 heterocycles.